The van der Waals surface area contributed by atoms with Crippen LogP contribution in [0, 0.1) is 0 Å². The summed E-state index contributed by atoms with van der Waals surface area (Å²) in [6, 6.07) is 5.08. The highest BCUT2D eigenvalue weighted by Crippen LogP contribution is 2.20. The lowest BCUT2D eigenvalue weighted by Gasteiger charge is -2.23. The highest BCUT2D eigenvalue weighted by atomic mass is 32.2. The van der Waals surface area contributed by atoms with Gasteiger partial charge in [0.1, 0.15) is 0 Å². The minimum absolute atomic E-state index is 0.251. The van der Waals surface area contributed by atoms with E-state index in [9.17, 15) is 16.8 Å². The van der Waals surface area contributed by atoms with Crippen LogP contribution in [-0.4, -0.2) is 368 Å². The van der Waals surface area contributed by atoms with Gasteiger partial charge in [-0.25, -0.2) is 0 Å². The lowest BCUT2D eigenvalue weighted by molar-refractivity contribution is 0.123. The van der Waals surface area contributed by atoms with Crippen molar-refractivity contribution in [2.24, 2.45) is 0 Å². The van der Waals surface area contributed by atoms with Crippen LogP contribution in [0.15, 0.2) is 0 Å². The smallest absolute Gasteiger partial charge is 0.400 e. The van der Waals surface area contributed by atoms with E-state index in [0.717, 1.165) is 148 Å². The molecule has 0 atom stereocenters. The maximum atomic E-state index is 10.4. The average Bonchev–Trinajstić information content (AvgIpc) is 1.63. The first kappa shape index (κ1) is 136. The van der Waals surface area contributed by atoms with Crippen LogP contribution in [0.25, 0.3) is 0 Å². The van der Waals surface area contributed by atoms with Crippen molar-refractivity contribution < 1.29 is 155 Å². The Labute approximate surface area is 628 Å². The molecule has 0 rings (SSSR count). The van der Waals surface area contributed by atoms with E-state index in [1.807, 2.05) is 0 Å². The maximum Gasteiger partial charge on any atom is 0.500 e. The van der Waals surface area contributed by atoms with Crippen LogP contribution in [-0.2, 0) is 109 Å². The van der Waals surface area contributed by atoms with Gasteiger partial charge < -0.3 is 129 Å². The third kappa shape index (κ3) is 86.9. The maximum absolute atomic E-state index is 10.4. The van der Waals surface area contributed by atoms with Crippen molar-refractivity contribution in [3.8, 4) is 0 Å². The zero-order chi connectivity index (χ0) is 81.5. The second-order valence-corrected chi connectivity index (χ2v) is 43.7. The summed E-state index contributed by atoms with van der Waals surface area (Å²) >= 11 is 20.5. The summed E-state index contributed by atoms with van der Waals surface area (Å²) in [5.41, 5.74) is 0. The predicted molar refractivity (Wildman–Crippen MR) is 420 cm³/mol. The van der Waals surface area contributed by atoms with Crippen LogP contribution in [0.2, 0.25) is 48.9 Å². The Balaban J connectivity index is -0.0000000610. The third-order valence-corrected chi connectivity index (χ3v) is 34.8. The molecule has 0 saturated heterocycles. The van der Waals surface area contributed by atoms with Crippen molar-refractivity contribution in [2.45, 2.75) is 93.8 Å². The molecule has 0 heterocycles. The van der Waals surface area contributed by atoms with E-state index in [2.05, 4.69) is 69.7 Å². The first-order valence-corrected chi connectivity index (χ1v) is 49.5. The molecular formula is C50H144O34S7Si7. The Morgan fingerprint density at radius 2 is 0.337 bits per heavy atom. The van der Waals surface area contributed by atoms with Crippen molar-refractivity contribution in [1.82, 2.24) is 0 Å². The Morgan fingerprint density at radius 1 is 0.224 bits per heavy atom. The fourth-order valence-electron chi connectivity index (χ4n) is 6.15. The van der Waals surface area contributed by atoms with E-state index >= 15 is 0 Å². The van der Waals surface area contributed by atoms with Gasteiger partial charge in [-0.15, -0.1) is 0 Å². The van der Waals surface area contributed by atoms with Crippen molar-refractivity contribution in [3.63, 3.8) is 0 Å². The van der Waals surface area contributed by atoms with Crippen molar-refractivity contribution in [1.29, 1.82) is 0 Å². The highest BCUT2D eigenvalue weighted by molar-refractivity contribution is 7.86. The molecule has 10 N–H and O–H groups in total. The molecule has 0 bridgehead atoms. The van der Waals surface area contributed by atoms with Gasteiger partial charge in [0.05, 0.1) is 11.5 Å². The standard InChI is InChI=1S/2C6H16O6SSi.4C6H16O3SSi.C6H16O2SSi.8CH4O/c2*1-10-14(11-2,12-3)6-4-5-13(7,8)9;4*1-7-11(8-2,9-3)6-4-5-10;1-7-10(3,8-2)6-4-5-9;8*1-2/h2*4-6H2,1-3H3,(H,7,8,9);4*10H,4-6H2,1-3H3;9H,4-6H2,1-3H3;8*2H,1H3. The Morgan fingerprint density at radius 3 is 0.429 bits per heavy atom. The first-order chi connectivity index (χ1) is 46.4. The van der Waals surface area contributed by atoms with Gasteiger partial charge in [-0.2, -0.15) is 80.0 Å². The molecule has 618 valence electrons. The summed E-state index contributed by atoms with van der Waals surface area (Å²) in [5, 5.41) is 56.0. The molecule has 0 aromatic rings. The molecule has 0 fully saturated rings. The lowest BCUT2D eigenvalue weighted by Crippen LogP contribution is -2.42. The number of aliphatic hydroxyl groups excluding tert-OH is 8. The van der Waals surface area contributed by atoms with E-state index in [-0.39, 0.29) is 24.3 Å². The van der Waals surface area contributed by atoms with Crippen molar-refractivity contribution >= 4 is 145 Å². The molecule has 0 radical (unpaired) electrons. The van der Waals surface area contributed by atoms with Crippen LogP contribution in [0.4, 0.5) is 0 Å². The molecular weight excluding hydrogens is 1570 g/mol. The molecule has 48 heteroatoms. The number of hydrogen-bond donors (Lipinski definition) is 15. The van der Waals surface area contributed by atoms with E-state index in [4.69, 9.17) is 138 Å². The lowest BCUT2D eigenvalue weighted by atomic mass is 10.6. The molecule has 0 spiro atoms. The van der Waals surface area contributed by atoms with Gasteiger partial charge in [-0.1, -0.05) is 0 Å². The Bertz CT molecular complexity index is 1400. The number of thiol groups is 5. The summed E-state index contributed by atoms with van der Waals surface area (Å²) in [4.78, 5) is 0. The normalized spacial score (nSPS) is 10.9. The topological polar surface area (TPSA) is 455 Å². The third-order valence-electron chi connectivity index (χ3n) is 11.6. The first-order valence-electron chi connectivity index (χ1n) is 29.0. The minimum atomic E-state index is -3.92. The predicted octanol–water partition coefficient (Wildman–Crippen LogP) is 3.56. The van der Waals surface area contributed by atoms with E-state index < -0.39 is 81.6 Å². The van der Waals surface area contributed by atoms with E-state index in [1.54, 1.807) is 99.5 Å². The van der Waals surface area contributed by atoms with Gasteiger partial charge in [0.2, 0.25) is 0 Å². The summed E-state index contributed by atoms with van der Waals surface area (Å²) < 4.78 is 162. The molecule has 0 amide bonds. The molecule has 0 aromatic carbocycles. The van der Waals surface area contributed by atoms with Crippen LogP contribution in [0.1, 0.15) is 44.9 Å². The monoisotopic (exact) mass is 1710 g/mol. The molecule has 0 aromatic heterocycles. The van der Waals surface area contributed by atoms with Gasteiger partial charge in [-0.3, -0.25) is 9.11 Å². The Kier molecular flexibility index (Phi) is 140. The number of rotatable bonds is 43. The fourth-order valence-corrected chi connectivity index (χ4v) is 21.7. The van der Waals surface area contributed by atoms with Crippen molar-refractivity contribution in [3.05, 3.63) is 0 Å². The second-order valence-electron chi connectivity index (χ2n) is 16.2. The molecule has 0 aliphatic rings. The summed E-state index contributed by atoms with van der Waals surface area (Å²) in [7, 11) is 15.5. The van der Waals surface area contributed by atoms with Gasteiger partial charge in [-0.05, 0) is 86.3 Å². The molecule has 98 heavy (non-hydrogen) atoms. The van der Waals surface area contributed by atoms with Gasteiger partial charge >= 0.3 is 61.4 Å². The second kappa shape index (κ2) is 101. The van der Waals surface area contributed by atoms with E-state index in [0.29, 0.717) is 12.1 Å². The largest absolute Gasteiger partial charge is 0.500 e. The van der Waals surface area contributed by atoms with Crippen molar-refractivity contribution in [2.75, 3.05) is 239 Å². The molecule has 0 aliphatic heterocycles. The quantitative estimate of drug-likeness (QED) is 0.0236. The zero-order valence-electron chi connectivity index (χ0n) is 64.7. The van der Waals surface area contributed by atoms with Crippen LogP contribution in [0.5, 0.6) is 0 Å². The van der Waals surface area contributed by atoms with Gasteiger partial charge in [0.25, 0.3) is 20.2 Å². The highest BCUT2D eigenvalue weighted by Gasteiger charge is 2.41. The van der Waals surface area contributed by atoms with Crippen LogP contribution >= 0.6 is 63.1 Å². The Hall–Kier alpha value is 1.97. The minimum Gasteiger partial charge on any atom is -0.400 e. The zero-order valence-corrected chi connectivity index (χ0v) is 77.8. The molecule has 0 unspecified atom stereocenters. The molecule has 34 nitrogen and oxygen atoms in total. The van der Waals surface area contributed by atoms with E-state index in [1.165, 1.54) is 42.7 Å². The molecule has 0 saturated carbocycles. The van der Waals surface area contributed by atoms with Crippen LogP contribution in [0.3, 0.4) is 0 Å². The van der Waals surface area contributed by atoms with Crippen LogP contribution < -0.4 is 0 Å². The SMILES string of the molecule is CO.CO.CO.CO.CO.CO.CO.CO.CO[Si](C)(CCCS)OC.CO[Si](CCCS(=O)(=O)O)(OC)OC.CO[Si](CCCS(=O)(=O)O)(OC)OC.CO[Si](CCCS)(OC)OC.CO[Si](CCCS)(OC)OC.CO[Si](CCCS)(OC)OC.CO[Si](CCCS)(OC)OC. The summed E-state index contributed by atoms with van der Waals surface area (Å²) in [6.45, 7) is 2.07. The number of aliphatic hydroxyl groups is 8. The summed E-state index contributed by atoms with van der Waals surface area (Å²) in [5.74, 6) is 3.65. The van der Waals surface area contributed by atoms with Gasteiger partial charge in [0, 0.05) is 235 Å². The summed E-state index contributed by atoms with van der Waals surface area (Å²) in [6.07, 6.45) is 5.43. The fraction of sp³-hybridized carbons (Fsp3) is 1.00. The molecule has 0 aliphatic carbocycles. The van der Waals surface area contributed by atoms with Gasteiger partial charge in [0.15, 0.2) is 0 Å². The average molecular weight is 1710 g/mol. The number of hydrogen-bond acceptors (Lipinski definition) is 37.